The molecule has 4 aromatic rings. The average molecular weight is 381 g/mol. The first-order valence-electron chi connectivity index (χ1n) is 9.64. The molecule has 0 fully saturated rings. The molecule has 5 nitrogen and oxygen atoms in total. The van der Waals surface area contributed by atoms with Gasteiger partial charge in [0.05, 0.1) is 12.7 Å². The van der Waals surface area contributed by atoms with Gasteiger partial charge in [0.25, 0.3) is 5.95 Å². The van der Waals surface area contributed by atoms with Crippen molar-refractivity contribution in [2.75, 3.05) is 10.2 Å². The smallest absolute Gasteiger partial charge is 0.252 e. The largest absolute Gasteiger partial charge is 0.365 e. The molecule has 29 heavy (non-hydrogen) atoms. The Labute approximate surface area is 171 Å². The van der Waals surface area contributed by atoms with Gasteiger partial charge < -0.3 is 10.2 Å². The maximum atomic E-state index is 4.73. The summed E-state index contributed by atoms with van der Waals surface area (Å²) in [5, 5.41) is 11.9. The van der Waals surface area contributed by atoms with Crippen molar-refractivity contribution in [1.82, 2.24) is 15.2 Å². The normalized spacial score (nSPS) is 10.5. The van der Waals surface area contributed by atoms with E-state index in [-0.39, 0.29) is 0 Å². The van der Waals surface area contributed by atoms with Crippen LogP contribution in [0.25, 0.3) is 0 Å². The lowest BCUT2D eigenvalue weighted by molar-refractivity contribution is 0.860. The lowest BCUT2D eigenvalue weighted by Gasteiger charge is -2.23. The zero-order valence-corrected chi connectivity index (χ0v) is 16.4. The predicted molar refractivity (Wildman–Crippen MR) is 117 cm³/mol. The summed E-state index contributed by atoms with van der Waals surface area (Å²) in [6.07, 6.45) is 1.66. The first-order chi connectivity index (χ1) is 14.3. The molecular weight excluding hydrogens is 358 g/mol. The molecule has 1 N–H and O–H groups in total. The standard InChI is InChI=1S/C24H23N5/c1-19-10-8-9-13-21(19)16-25-23-17-26-28-24(27-23)29(22-14-6-3-7-15-22)18-20-11-4-2-5-12-20/h2-15,17H,16,18H2,1H3,(H,25,27,28). The highest BCUT2D eigenvalue weighted by Gasteiger charge is 2.14. The summed E-state index contributed by atoms with van der Waals surface area (Å²) in [4.78, 5) is 6.80. The first kappa shape index (κ1) is 18.6. The number of anilines is 3. The van der Waals surface area contributed by atoms with Crippen molar-refractivity contribution in [2.45, 2.75) is 20.0 Å². The second-order valence-electron chi connectivity index (χ2n) is 6.83. The molecule has 0 aliphatic carbocycles. The van der Waals surface area contributed by atoms with Crippen molar-refractivity contribution in [2.24, 2.45) is 0 Å². The molecule has 0 spiro atoms. The zero-order valence-electron chi connectivity index (χ0n) is 16.4. The molecular formula is C24H23N5. The van der Waals surface area contributed by atoms with Gasteiger partial charge in [0.15, 0.2) is 5.82 Å². The molecule has 0 saturated carbocycles. The van der Waals surface area contributed by atoms with Gasteiger partial charge in [0, 0.05) is 12.2 Å². The average Bonchev–Trinajstić information content (AvgIpc) is 2.78. The summed E-state index contributed by atoms with van der Waals surface area (Å²) in [5.41, 5.74) is 4.68. The van der Waals surface area contributed by atoms with Crippen LogP contribution in [-0.2, 0) is 13.1 Å². The lowest BCUT2D eigenvalue weighted by atomic mass is 10.1. The van der Waals surface area contributed by atoms with Crippen LogP contribution in [0.15, 0.2) is 91.1 Å². The minimum atomic E-state index is 0.565. The van der Waals surface area contributed by atoms with Gasteiger partial charge in [-0.3, -0.25) is 0 Å². The Morgan fingerprint density at radius 1 is 0.828 bits per heavy atom. The highest BCUT2D eigenvalue weighted by Crippen LogP contribution is 2.24. The number of hydrogen-bond acceptors (Lipinski definition) is 5. The summed E-state index contributed by atoms with van der Waals surface area (Å²) in [5.74, 6) is 1.27. The van der Waals surface area contributed by atoms with Gasteiger partial charge >= 0.3 is 0 Å². The van der Waals surface area contributed by atoms with Crippen LogP contribution >= 0.6 is 0 Å². The predicted octanol–water partition coefficient (Wildman–Crippen LogP) is 5.13. The molecule has 0 bridgehead atoms. The number of para-hydroxylation sites is 1. The molecule has 0 aliphatic heterocycles. The van der Waals surface area contributed by atoms with E-state index in [9.17, 15) is 0 Å². The number of nitrogens with one attached hydrogen (secondary N) is 1. The third-order valence-electron chi connectivity index (χ3n) is 4.76. The molecule has 1 aromatic heterocycles. The zero-order chi connectivity index (χ0) is 19.9. The Morgan fingerprint density at radius 2 is 1.52 bits per heavy atom. The van der Waals surface area contributed by atoms with Gasteiger partial charge in [0.1, 0.15) is 0 Å². The number of aryl methyl sites for hydroxylation is 1. The van der Waals surface area contributed by atoms with E-state index in [4.69, 9.17) is 4.98 Å². The lowest BCUT2D eigenvalue weighted by Crippen LogP contribution is -2.20. The highest BCUT2D eigenvalue weighted by atomic mass is 15.3. The fourth-order valence-electron chi connectivity index (χ4n) is 3.14. The van der Waals surface area contributed by atoms with E-state index in [0.29, 0.717) is 24.9 Å². The van der Waals surface area contributed by atoms with Crippen LogP contribution in [0.2, 0.25) is 0 Å². The second kappa shape index (κ2) is 8.97. The molecule has 0 aliphatic rings. The van der Waals surface area contributed by atoms with Crippen LogP contribution in [0.3, 0.4) is 0 Å². The Hall–Kier alpha value is -3.73. The minimum absolute atomic E-state index is 0.565. The first-order valence-corrected chi connectivity index (χ1v) is 9.64. The van der Waals surface area contributed by atoms with E-state index in [1.165, 1.54) is 16.7 Å². The molecule has 3 aromatic carbocycles. The van der Waals surface area contributed by atoms with E-state index in [1.54, 1.807) is 6.20 Å². The number of hydrogen-bond donors (Lipinski definition) is 1. The van der Waals surface area contributed by atoms with Crippen LogP contribution in [0.5, 0.6) is 0 Å². The summed E-state index contributed by atoms with van der Waals surface area (Å²) in [6, 6.07) is 28.8. The Balaban J connectivity index is 1.59. The molecule has 1 heterocycles. The van der Waals surface area contributed by atoms with Crippen LogP contribution in [0, 0.1) is 6.92 Å². The molecule has 144 valence electrons. The third kappa shape index (κ3) is 4.76. The van der Waals surface area contributed by atoms with Crippen molar-refractivity contribution in [1.29, 1.82) is 0 Å². The third-order valence-corrected chi connectivity index (χ3v) is 4.76. The highest BCUT2D eigenvalue weighted by molar-refractivity contribution is 5.58. The number of benzene rings is 3. The van der Waals surface area contributed by atoms with Crippen LogP contribution in [-0.4, -0.2) is 15.2 Å². The molecule has 0 unspecified atom stereocenters. The van der Waals surface area contributed by atoms with E-state index < -0.39 is 0 Å². The fraction of sp³-hybridized carbons (Fsp3) is 0.125. The number of rotatable bonds is 7. The Kier molecular flexibility index (Phi) is 5.76. The van der Waals surface area contributed by atoms with E-state index in [0.717, 1.165) is 5.69 Å². The van der Waals surface area contributed by atoms with Gasteiger partial charge in [-0.05, 0) is 35.7 Å². The van der Waals surface area contributed by atoms with Crippen molar-refractivity contribution in [3.8, 4) is 0 Å². The van der Waals surface area contributed by atoms with Crippen LogP contribution in [0.4, 0.5) is 17.5 Å². The molecule has 4 rings (SSSR count). The molecule has 5 heteroatoms. The summed E-state index contributed by atoms with van der Waals surface area (Å²) in [6.45, 7) is 3.46. The number of nitrogens with zero attached hydrogens (tertiary/aromatic N) is 4. The van der Waals surface area contributed by atoms with Gasteiger partial charge in [0.2, 0.25) is 0 Å². The molecule has 0 radical (unpaired) electrons. The quantitative estimate of drug-likeness (QED) is 0.481. The topological polar surface area (TPSA) is 53.9 Å². The Morgan fingerprint density at radius 3 is 2.28 bits per heavy atom. The van der Waals surface area contributed by atoms with Gasteiger partial charge in [-0.1, -0.05) is 72.8 Å². The Bertz CT molecular complexity index is 1050. The van der Waals surface area contributed by atoms with Crippen molar-refractivity contribution < 1.29 is 0 Å². The minimum Gasteiger partial charge on any atom is -0.365 e. The summed E-state index contributed by atoms with van der Waals surface area (Å²) >= 11 is 0. The van der Waals surface area contributed by atoms with Crippen LogP contribution < -0.4 is 10.2 Å². The monoisotopic (exact) mass is 381 g/mol. The van der Waals surface area contributed by atoms with Gasteiger partial charge in [-0.2, -0.15) is 10.1 Å². The van der Waals surface area contributed by atoms with Crippen LogP contribution in [0.1, 0.15) is 16.7 Å². The van der Waals surface area contributed by atoms with Gasteiger partial charge in [-0.25, -0.2) is 0 Å². The van der Waals surface area contributed by atoms with Crippen molar-refractivity contribution in [3.63, 3.8) is 0 Å². The van der Waals surface area contributed by atoms with E-state index in [1.807, 2.05) is 48.5 Å². The number of aromatic nitrogens is 3. The van der Waals surface area contributed by atoms with E-state index in [2.05, 4.69) is 63.7 Å². The fourth-order valence-corrected chi connectivity index (χ4v) is 3.14. The molecule has 0 saturated heterocycles. The maximum absolute atomic E-state index is 4.73. The SMILES string of the molecule is Cc1ccccc1CNc1cnnc(N(Cc2ccccc2)c2ccccc2)n1. The summed E-state index contributed by atoms with van der Waals surface area (Å²) in [7, 11) is 0. The molecule has 0 atom stereocenters. The summed E-state index contributed by atoms with van der Waals surface area (Å²) < 4.78 is 0. The molecule has 0 amide bonds. The van der Waals surface area contributed by atoms with E-state index >= 15 is 0 Å². The maximum Gasteiger partial charge on any atom is 0.252 e. The van der Waals surface area contributed by atoms with Crippen molar-refractivity contribution in [3.05, 3.63) is 108 Å². The second-order valence-corrected chi connectivity index (χ2v) is 6.83. The van der Waals surface area contributed by atoms with Crippen molar-refractivity contribution >= 4 is 17.5 Å². The van der Waals surface area contributed by atoms with Gasteiger partial charge in [-0.15, -0.1) is 5.10 Å².